The molecule has 1 fully saturated rings. The first-order valence-corrected chi connectivity index (χ1v) is 10.4. The minimum absolute atomic E-state index is 0.106. The van der Waals surface area contributed by atoms with Gasteiger partial charge in [-0.2, -0.15) is 0 Å². The fourth-order valence-electron chi connectivity index (χ4n) is 4.11. The zero-order valence-corrected chi connectivity index (χ0v) is 17.4. The normalized spacial score (nSPS) is 19.6. The molecule has 0 spiro atoms. The van der Waals surface area contributed by atoms with E-state index in [1.807, 2.05) is 18.2 Å². The average Bonchev–Trinajstić information content (AvgIpc) is 2.84. The van der Waals surface area contributed by atoms with Crippen molar-refractivity contribution in [1.82, 2.24) is 20.4 Å². The SMILES string of the molecule is [N]=NC1OC=C(C2CCN(C(=O)CO)CC2)C(c2ccncn2)=C1c1ccc(Cl)cc1. The van der Waals surface area contributed by atoms with Gasteiger partial charge < -0.3 is 14.7 Å². The van der Waals surface area contributed by atoms with E-state index in [1.54, 1.807) is 29.5 Å². The predicted octanol–water partition coefficient (Wildman–Crippen LogP) is 2.76. The zero-order chi connectivity index (χ0) is 21.8. The second kappa shape index (κ2) is 9.36. The van der Waals surface area contributed by atoms with E-state index in [1.165, 1.54) is 6.33 Å². The molecule has 2 aliphatic rings. The average molecular weight is 439 g/mol. The van der Waals surface area contributed by atoms with E-state index in [9.17, 15) is 10.3 Å². The van der Waals surface area contributed by atoms with Gasteiger partial charge in [-0.3, -0.25) is 4.79 Å². The third-order valence-electron chi connectivity index (χ3n) is 5.65. The lowest BCUT2D eigenvalue weighted by atomic mass is 9.80. The lowest BCUT2D eigenvalue weighted by molar-refractivity contribution is -0.135. The zero-order valence-electron chi connectivity index (χ0n) is 16.7. The fraction of sp³-hybridized carbons (Fsp3) is 0.318. The lowest BCUT2D eigenvalue weighted by Crippen LogP contribution is -2.40. The maximum absolute atomic E-state index is 11.8. The molecular formula is C22H21ClN5O3. The highest BCUT2D eigenvalue weighted by molar-refractivity contribution is 6.30. The molecule has 1 saturated heterocycles. The highest BCUT2D eigenvalue weighted by Crippen LogP contribution is 2.43. The molecule has 31 heavy (non-hydrogen) atoms. The maximum atomic E-state index is 11.8. The molecule has 1 radical (unpaired) electrons. The number of benzene rings is 1. The number of nitrogens with zero attached hydrogens (tertiary/aromatic N) is 5. The smallest absolute Gasteiger partial charge is 0.248 e. The van der Waals surface area contributed by atoms with Crippen LogP contribution < -0.4 is 5.53 Å². The van der Waals surface area contributed by atoms with Crippen LogP contribution in [0.2, 0.25) is 5.02 Å². The largest absolute Gasteiger partial charge is 0.470 e. The predicted molar refractivity (Wildman–Crippen MR) is 114 cm³/mol. The first-order valence-electron chi connectivity index (χ1n) is 9.97. The van der Waals surface area contributed by atoms with Gasteiger partial charge in [-0.25, -0.2) is 9.97 Å². The number of hydrogen-bond donors (Lipinski definition) is 1. The van der Waals surface area contributed by atoms with Crippen molar-refractivity contribution in [3.8, 4) is 0 Å². The monoisotopic (exact) mass is 438 g/mol. The molecule has 1 aromatic carbocycles. The van der Waals surface area contributed by atoms with Crippen LogP contribution in [0.1, 0.15) is 24.1 Å². The van der Waals surface area contributed by atoms with E-state index in [0.29, 0.717) is 42.2 Å². The molecule has 8 nitrogen and oxygen atoms in total. The summed E-state index contributed by atoms with van der Waals surface area (Å²) in [7, 11) is 0. The Labute approximate surface area is 184 Å². The van der Waals surface area contributed by atoms with E-state index in [-0.39, 0.29) is 11.8 Å². The second-order valence-corrected chi connectivity index (χ2v) is 7.82. The molecule has 1 N–H and O–H groups in total. The van der Waals surface area contributed by atoms with E-state index >= 15 is 0 Å². The number of halogens is 1. The Kier molecular flexibility index (Phi) is 6.39. The number of aliphatic hydroxyl groups is 1. The van der Waals surface area contributed by atoms with Crippen molar-refractivity contribution in [2.75, 3.05) is 19.7 Å². The molecule has 1 unspecified atom stereocenters. The molecule has 9 heteroatoms. The van der Waals surface area contributed by atoms with Crippen molar-refractivity contribution >= 4 is 28.7 Å². The van der Waals surface area contributed by atoms with Crippen LogP contribution in [0.15, 0.2) is 59.8 Å². The van der Waals surface area contributed by atoms with Gasteiger partial charge in [0.2, 0.25) is 12.1 Å². The van der Waals surface area contributed by atoms with Crippen molar-refractivity contribution in [2.24, 2.45) is 11.0 Å². The number of allylic oxidation sites excluding steroid dienone is 2. The van der Waals surface area contributed by atoms with Gasteiger partial charge >= 0.3 is 0 Å². The standard InChI is InChI=1S/C22H21ClN5O3/c23-16-3-1-15(2-4-16)20-21(18-5-8-25-13-26-18)17(12-31-22(20)27-24)14-6-9-28(10-7-14)19(30)11-29/h1-5,8,12-14,22,29H,6-7,9-11H2. The van der Waals surface area contributed by atoms with Gasteiger partial charge in [0, 0.05) is 35.5 Å². The summed E-state index contributed by atoms with van der Waals surface area (Å²) >= 11 is 6.07. The molecule has 1 aromatic heterocycles. The Hall–Kier alpha value is -3.10. The van der Waals surface area contributed by atoms with E-state index in [0.717, 1.165) is 16.7 Å². The summed E-state index contributed by atoms with van der Waals surface area (Å²) in [5.74, 6) is -0.158. The van der Waals surface area contributed by atoms with Gasteiger partial charge in [0.1, 0.15) is 12.9 Å². The molecule has 0 aliphatic carbocycles. The molecule has 0 bridgehead atoms. The first-order chi connectivity index (χ1) is 15.1. The van der Waals surface area contributed by atoms with Gasteiger partial charge in [0.15, 0.2) is 0 Å². The lowest BCUT2D eigenvalue weighted by Gasteiger charge is -2.36. The van der Waals surface area contributed by atoms with Crippen molar-refractivity contribution < 1.29 is 14.6 Å². The summed E-state index contributed by atoms with van der Waals surface area (Å²) in [5, 5.41) is 13.2. The number of likely N-dealkylation sites (tertiary alicyclic amines) is 1. The van der Waals surface area contributed by atoms with Crippen molar-refractivity contribution in [1.29, 1.82) is 0 Å². The van der Waals surface area contributed by atoms with Gasteiger partial charge in [-0.15, -0.1) is 5.11 Å². The number of carbonyl (C=O) groups is 1. The fourth-order valence-corrected chi connectivity index (χ4v) is 4.24. The van der Waals surface area contributed by atoms with Crippen LogP contribution in [-0.2, 0) is 9.53 Å². The van der Waals surface area contributed by atoms with Gasteiger partial charge in [0.05, 0.1) is 12.0 Å². The molecule has 0 saturated carbocycles. The number of amides is 1. The summed E-state index contributed by atoms with van der Waals surface area (Å²) in [6.45, 7) is 0.605. The van der Waals surface area contributed by atoms with Crippen LogP contribution in [-0.4, -0.2) is 51.8 Å². The van der Waals surface area contributed by atoms with Crippen molar-refractivity contribution in [3.05, 3.63) is 71.0 Å². The Morgan fingerprint density at radius 2 is 2.00 bits per heavy atom. The van der Waals surface area contributed by atoms with Gasteiger partial charge in [-0.1, -0.05) is 23.7 Å². The molecule has 4 rings (SSSR count). The number of aliphatic hydroxyl groups excluding tert-OH is 1. The van der Waals surface area contributed by atoms with E-state index < -0.39 is 12.8 Å². The van der Waals surface area contributed by atoms with Crippen molar-refractivity contribution in [3.63, 3.8) is 0 Å². The van der Waals surface area contributed by atoms with Crippen LogP contribution in [0.4, 0.5) is 0 Å². The number of ether oxygens (including phenoxy) is 1. The van der Waals surface area contributed by atoms with Crippen molar-refractivity contribution in [2.45, 2.75) is 19.1 Å². The minimum Gasteiger partial charge on any atom is -0.470 e. The maximum Gasteiger partial charge on any atom is 0.248 e. The molecular weight excluding hydrogens is 418 g/mol. The van der Waals surface area contributed by atoms with Crippen LogP contribution in [0.3, 0.4) is 0 Å². The Morgan fingerprint density at radius 1 is 1.26 bits per heavy atom. The van der Waals surface area contributed by atoms with Crippen LogP contribution in [0.5, 0.6) is 0 Å². The topological polar surface area (TPSA) is 110 Å². The number of carbonyl (C=O) groups excluding carboxylic acids is 1. The highest BCUT2D eigenvalue weighted by atomic mass is 35.5. The summed E-state index contributed by atoms with van der Waals surface area (Å²) < 4.78 is 5.80. The van der Waals surface area contributed by atoms with E-state index in [4.69, 9.17) is 21.4 Å². The molecule has 1 amide bonds. The second-order valence-electron chi connectivity index (χ2n) is 7.38. The summed E-state index contributed by atoms with van der Waals surface area (Å²) in [4.78, 5) is 22.0. The van der Waals surface area contributed by atoms with Gasteiger partial charge in [-0.05, 0) is 53.6 Å². The number of piperidine rings is 1. The van der Waals surface area contributed by atoms with Crippen LogP contribution in [0.25, 0.3) is 11.1 Å². The summed E-state index contributed by atoms with van der Waals surface area (Å²) in [6, 6.07) is 9.06. The summed E-state index contributed by atoms with van der Waals surface area (Å²) in [5.41, 5.74) is 13.6. The molecule has 3 heterocycles. The van der Waals surface area contributed by atoms with Gasteiger partial charge in [0.25, 0.3) is 0 Å². The first kappa shape index (κ1) is 21.1. The quantitative estimate of drug-likeness (QED) is 0.721. The number of hydrogen-bond acceptors (Lipinski definition) is 6. The molecule has 2 aromatic rings. The number of rotatable bonds is 5. The molecule has 1 atom stereocenters. The van der Waals surface area contributed by atoms with Crippen LogP contribution in [0, 0.1) is 5.92 Å². The summed E-state index contributed by atoms with van der Waals surface area (Å²) in [6.07, 6.45) is 5.29. The Balaban J connectivity index is 1.78. The molecule has 159 valence electrons. The molecule has 2 aliphatic heterocycles. The third-order valence-corrected chi connectivity index (χ3v) is 5.90. The van der Waals surface area contributed by atoms with E-state index in [2.05, 4.69) is 15.1 Å². The highest BCUT2D eigenvalue weighted by Gasteiger charge is 2.34. The minimum atomic E-state index is -0.911. The van der Waals surface area contributed by atoms with Crippen LogP contribution >= 0.6 is 11.6 Å². The third kappa shape index (κ3) is 4.35. The Morgan fingerprint density at radius 3 is 2.61 bits per heavy atom. The Bertz CT molecular complexity index is 1020. The number of aromatic nitrogens is 2.